The van der Waals surface area contributed by atoms with Crippen molar-refractivity contribution in [2.45, 2.75) is 27.4 Å². The second kappa shape index (κ2) is 6.75. The van der Waals surface area contributed by atoms with Gasteiger partial charge in [0.15, 0.2) is 0 Å². The Kier molecular flexibility index (Phi) is 5.62. The molecule has 0 unspecified atom stereocenters. The first-order chi connectivity index (χ1) is 8.51. The Bertz CT molecular complexity index is 375. The number of aliphatic hydroxyl groups excluding tert-OH is 1. The zero-order valence-electron chi connectivity index (χ0n) is 12.1. The molecule has 1 rings (SSSR count). The van der Waals surface area contributed by atoms with Gasteiger partial charge in [0.1, 0.15) is 5.82 Å². The maximum atomic E-state index is 9.51. The van der Waals surface area contributed by atoms with Crippen LogP contribution in [0.4, 0.5) is 5.82 Å². The van der Waals surface area contributed by atoms with Crippen LogP contribution in [0.1, 0.15) is 25.1 Å². The summed E-state index contributed by atoms with van der Waals surface area (Å²) in [6.07, 6.45) is 0. The van der Waals surface area contributed by atoms with E-state index in [1.54, 1.807) is 7.11 Å². The van der Waals surface area contributed by atoms with E-state index in [9.17, 15) is 5.11 Å². The number of hydrogen-bond donors (Lipinski definition) is 1. The summed E-state index contributed by atoms with van der Waals surface area (Å²) in [6, 6.07) is 0. The van der Waals surface area contributed by atoms with Crippen LogP contribution < -0.4 is 4.90 Å². The maximum Gasteiger partial charge on any atom is 0.132 e. The molecular formula is C13H25N3O2. The largest absolute Gasteiger partial charge is 0.391 e. The molecule has 0 spiro atoms. The Labute approximate surface area is 109 Å². The van der Waals surface area contributed by atoms with Crippen molar-refractivity contribution in [3.63, 3.8) is 0 Å². The van der Waals surface area contributed by atoms with Crippen LogP contribution in [0.2, 0.25) is 0 Å². The first-order valence-electron chi connectivity index (χ1n) is 6.38. The van der Waals surface area contributed by atoms with E-state index in [0.29, 0.717) is 12.5 Å². The molecule has 0 saturated carbocycles. The summed E-state index contributed by atoms with van der Waals surface area (Å²) >= 11 is 0. The molecule has 1 aromatic rings. The van der Waals surface area contributed by atoms with Gasteiger partial charge in [-0.05, 0) is 12.8 Å². The first kappa shape index (κ1) is 15.0. The van der Waals surface area contributed by atoms with Crippen LogP contribution >= 0.6 is 0 Å². The molecule has 18 heavy (non-hydrogen) atoms. The summed E-state index contributed by atoms with van der Waals surface area (Å²) in [6.45, 7) is 8.72. The Morgan fingerprint density at radius 3 is 2.61 bits per heavy atom. The second-order valence-electron chi connectivity index (χ2n) is 5.00. The molecule has 1 aromatic heterocycles. The van der Waals surface area contributed by atoms with Crippen molar-refractivity contribution in [1.82, 2.24) is 9.78 Å². The van der Waals surface area contributed by atoms with Crippen molar-refractivity contribution in [2.75, 3.05) is 31.7 Å². The Hall–Kier alpha value is -1.07. The average molecular weight is 255 g/mol. The third-order valence-electron chi connectivity index (χ3n) is 2.92. The van der Waals surface area contributed by atoms with E-state index in [1.165, 1.54) is 0 Å². The molecule has 1 heterocycles. The molecule has 0 fully saturated rings. The fraction of sp³-hybridized carbons (Fsp3) is 0.769. The van der Waals surface area contributed by atoms with Gasteiger partial charge in [-0.15, -0.1) is 0 Å². The molecule has 0 saturated heterocycles. The van der Waals surface area contributed by atoms with Gasteiger partial charge in [0, 0.05) is 32.8 Å². The van der Waals surface area contributed by atoms with Crippen molar-refractivity contribution in [3.8, 4) is 0 Å². The number of aliphatic hydroxyl groups is 1. The van der Waals surface area contributed by atoms with Gasteiger partial charge in [0.25, 0.3) is 0 Å². The third-order valence-corrected chi connectivity index (χ3v) is 2.92. The minimum absolute atomic E-state index is 0.0244. The first-order valence-corrected chi connectivity index (χ1v) is 6.38. The summed E-state index contributed by atoms with van der Waals surface area (Å²) in [7, 11) is 3.62. The fourth-order valence-electron chi connectivity index (χ4n) is 2.20. The normalized spacial score (nSPS) is 11.3. The fourth-order valence-corrected chi connectivity index (χ4v) is 2.20. The summed E-state index contributed by atoms with van der Waals surface area (Å²) in [5, 5.41) is 13.9. The summed E-state index contributed by atoms with van der Waals surface area (Å²) in [5.41, 5.74) is 1.80. The van der Waals surface area contributed by atoms with Gasteiger partial charge in [-0.2, -0.15) is 5.10 Å². The van der Waals surface area contributed by atoms with Crippen molar-refractivity contribution < 1.29 is 9.84 Å². The molecule has 104 valence electrons. The molecule has 0 aliphatic heterocycles. The standard InChI is InChI=1S/C13H25N3O2/c1-10(2)8-16(6-7-18-5)13-12(9-17)11(3)14-15(13)4/h10,17H,6-9H2,1-5H3. The van der Waals surface area contributed by atoms with Crippen molar-refractivity contribution in [2.24, 2.45) is 13.0 Å². The van der Waals surface area contributed by atoms with Crippen LogP contribution in [0.3, 0.4) is 0 Å². The number of aryl methyl sites for hydroxylation is 2. The number of methoxy groups -OCH3 is 1. The van der Waals surface area contributed by atoms with E-state index in [0.717, 1.165) is 30.2 Å². The predicted octanol–water partition coefficient (Wildman–Crippen LogP) is 1.33. The molecule has 0 amide bonds. The van der Waals surface area contributed by atoms with Gasteiger partial charge in [-0.3, -0.25) is 4.68 Å². The van der Waals surface area contributed by atoms with E-state index in [1.807, 2.05) is 18.7 Å². The van der Waals surface area contributed by atoms with Crippen LogP contribution in [0.25, 0.3) is 0 Å². The third kappa shape index (κ3) is 3.46. The maximum absolute atomic E-state index is 9.51. The van der Waals surface area contributed by atoms with Gasteiger partial charge >= 0.3 is 0 Å². The average Bonchev–Trinajstić information content (AvgIpc) is 2.58. The predicted molar refractivity (Wildman–Crippen MR) is 72.8 cm³/mol. The molecule has 5 nitrogen and oxygen atoms in total. The van der Waals surface area contributed by atoms with Crippen LogP contribution in [0.5, 0.6) is 0 Å². The lowest BCUT2D eigenvalue weighted by molar-refractivity contribution is 0.204. The van der Waals surface area contributed by atoms with Gasteiger partial charge < -0.3 is 14.7 Å². The highest BCUT2D eigenvalue weighted by atomic mass is 16.5. The lowest BCUT2D eigenvalue weighted by atomic mass is 10.2. The molecule has 0 atom stereocenters. The molecular weight excluding hydrogens is 230 g/mol. The van der Waals surface area contributed by atoms with Crippen molar-refractivity contribution in [1.29, 1.82) is 0 Å². The summed E-state index contributed by atoms with van der Waals surface area (Å²) in [5.74, 6) is 1.55. The molecule has 0 radical (unpaired) electrons. The smallest absolute Gasteiger partial charge is 0.132 e. The van der Waals surface area contributed by atoms with Crippen LogP contribution in [-0.2, 0) is 18.4 Å². The van der Waals surface area contributed by atoms with E-state index < -0.39 is 0 Å². The number of anilines is 1. The highest BCUT2D eigenvalue weighted by Gasteiger charge is 2.19. The summed E-state index contributed by atoms with van der Waals surface area (Å²) in [4.78, 5) is 2.24. The van der Waals surface area contributed by atoms with Gasteiger partial charge in [0.2, 0.25) is 0 Å². The molecule has 5 heteroatoms. The summed E-state index contributed by atoms with van der Waals surface area (Å²) < 4.78 is 7.01. The van der Waals surface area contributed by atoms with Crippen LogP contribution in [0, 0.1) is 12.8 Å². The highest BCUT2D eigenvalue weighted by Crippen LogP contribution is 2.23. The second-order valence-corrected chi connectivity index (χ2v) is 5.00. The van der Waals surface area contributed by atoms with Crippen LogP contribution in [-0.4, -0.2) is 41.7 Å². The molecule has 1 N–H and O–H groups in total. The Morgan fingerprint density at radius 2 is 2.11 bits per heavy atom. The van der Waals surface area contributed by atoms with E-state index in [-0.39, 0.29) is 6.61 Å². The lowest BCUT2D eigenvalue weighted by Crippen LogP contribution is -2.33. The Morgan fingerprint density at radius 1 is 1.44 bits per heavy atom. The van der Waals surface area contributed by atoms with E-state index >= 15 is 0 Å². The quantitative estimate of drug-likeness (QED) is 0.798. The van der Waals surface area contributed by atoms with Gasteiger partial charge in [-0.25, -0.2) is 0 Å². The molecule has 0 aliphatic carbocycles. The highest BCUT2D eigenvalue weighted by molar-refractivity contribution is 5.49. The number of aromatic nitrogens is 2. The minimum atomic E-state index is 0.0244. The number of rotatable bonds is 7. The van der Waals surface area contributed by atoms with E-state index in [4.69, 9.17) is 4.74 Å². The Balaban J connectivity index is 3.02. The van der Waals surface area contributed by atoms with Gasteiger partial charge in [0.05, 0.1) is 18.9 Å². The molecule has 0 aromatic carbocycles. The molecule has 0 bridgehead atoms. The minimum Gasteiger partial charge on any atom is -0.391 e. The molecule has 0 aliphatic rings. The number of hydrogen-bond acceptors (Lipinski definition) is 4. The van der Waals surface area contributed by atoms with Crippen LogP contribution in [0.15, 0.2) is 0 Å². The SMILES string of the molecule is COCCN(CC(C)C)c1c(CO)c(C)nn1C. The van der Waals surface area contributed by atoms with Gasteiger partial charge in [-0.1, -0.05) is 13.8 Å². The number of ether oxygens (including phenoxy) is 1. The zero-order chi connectivity index (χ0) is 13.7. The van der Waals surface area contributed by atoms with Crippen molar-refractivity contribution in [3.05, 3.63) is 11.3 Å². The van der Waals surface area contributed by atoms with E-state index in [2.05, 4.69) is 23.8 Å². The monoisotopic (exact) mass is 255 g/mol. The van der Waals surface area contributed by atoms with Crippen molar-refractivity contribution >= 4 is 5.82 Å². The number of nitrogens with zero attached hydrogens (tertiary/aromatic N) is 3. The zero-order valence-corrected chi connectivity index (χ0v) is 12.1. The topological polar surface area (TPSA) is 50.5 Å². The lowest BCUT2D eigenvalue weighted by Gasteiger charge is -2.27.